The molecule has 0 aromatic heterocycles. The van der Waals surface area contributed by atoms with Gasteiger partial charge in [0.05, 0.1) is 6.04 Å². The number of rotatable bonds is 16. The Morgan fingerprint density at radius 3 is 2.00 bits per heavy atom. The van der Waals surface area contributed by atoms with Gasteiger partial charge in [-0.1, -0.05) is 74.5 Å². The summed E-state index contributed by atoms with van der Waals surface area (Å²) in [4.78, 5) is 57.5. The number of nitrogens with zero attached hydrogens (tertiary/aromatic N) is 1. The standard InChI is InChI=1S/C38H55N7O4/c1-26(2)29-23-38(29,36(49)43-31(15-9-10-18-39)35(48)45-19-16-37(17-20-45)24-41-25-37)44-34(47)32(22-28-13-7-4-8-14-28)42-33(46)30(40)21-27-11-5-3-6-12-27/h3-8,11-14,26,29-32,41H,9-10,15-25,39-40H2,1-2H3,(H,42,46)(H,43,49)(H,44,47)/t29?,30-,31-,32-,38?/m1/s1. The Balaban J connectivity index is 1.30. The number of hydrogen-bond donors (Lipinski definition) is 6. The van der Waals surface area contributed by atoms with E-state index in [0.29, 0.717) is 50.7 Å². The van der Waals surface area contributed by atoms with Gasteiger partial charge in [0.25, 0.3) is 0 Å². The zero-order chi connectivity index (χ0) is 35.0. The molecule has 2 aliphatic heterocycles. The molecule has 49 heavy (non-hydrogen) atoms. The van der Waals surface area contributed by atoms with Gasteiger partial charge < -0.3 is 37.6 Å². The second kappa shape index (κ2) is 16.3. The van der Waals surface area contributed by atoms with Gasteiger partial charge in [-0.25, -0.2) is 0 Å². The van der Waals surface area contributed by atoms with Gasteiger partial charge in [-0.15, -0.1) is 0 Å². The Kier molecular flexibility index (Phi) is 12.1. The molecule has 0 bridgehead atoms. The van der Waals surface area contributed by atoms with Crippen molar-refractivity contribution in [3.8, 4) is 0 Å². The molecule has 4 amide bonds. The fourth-order valence-corrected chi connectivity index (χ4v) is 7.45. The minimum absolute atomic E-state index is 0.0719. The Morgan fingerprint density at radius 2 is 1.47 bits per heavy atom. The lowest BCUT2D eigenvalue weighted by Crippen LogP contribution is -2.62. The van der Waals surface area contributed by atoms with Crippen molar-refractivity contribution in [2.75, 3.05) is 32.7 Å². The third kappa shape index (κ3) is 9.06. The SMILES string of the molecule is CC(C)C1CC1(NC(=O)[C@@H](Cc1ccccc1)NC(=O)[C@H](N)Cc1ccccc1)C(=O)N[C@H](CCCCN)C(=O)N1CCC2(CC1)CNC2. The minimum Gasteiger partial charge on any atom is -0.343 e. The zero-order valence-corrected chi connectivity index (χ0v) is 29.1. The van der Waals surface area contributed by atoms with Crippen LogP contribution in [0.3, 0.4) is 0 Å². The molecule has 5 atom stereocenters. The molecule has 2 saturated heterocycles. The number of carbonyl (C=O) groups is 4. The van der Waals surface area contributed by atoms with Crippen LogP contribution in [0.2, 0.25) is 0 Å². The summed E-state index contributed by atoms with van der Waals surface area (Å²) in [5.41, 5.74) is 13.0. The van der Waals surface area contributed by atoms with Crippen molar-refractivity contribution in [3.05, 3.63) is 71.8 Å². The lowest BCUT2D eigenvalue weighted by Gasteiger charge is -2.48. The van der Waals surface area contributed by atoms with Gasteiger partial charge in [0.2, 0.25) is 23.6 Å². The predicted molar refractivity (Wildman–Crippen MR) is 190 cm³/mol. The van der Waals surface area contributed by atoms with Gasteiger partial charge >= 0.3 is 0 Å². The van der Waals surface area contributed by atoms with E-state index in [4.69, 9.17) is 11.5 Å². The van der Waals surface area contributed by atoms with E-state index in [0.717, 1.165) is 43.5 Å². The molecule has 3 fully saturated rings. The van der Waals surface area contributed by atoms with Crippen molar-refractivity contribution in [2.24, 2.45) is 28.7 Å². The molecule has 266 valence electrons. The lowest BCUT2D eigenvalue weighted by atomic mass is 9.73. The highest BCUT2D eigenvalue weighted by atomic mass is 16.2. The third-order valence-corrected chi connectivity index (χ3v) is 10.8. The predicted octanol–water partition coefficient (Wildman–Crippen LogP) is 1.64. The zero-order valence-electron chi connectivity index (χ0n) is 29.1. The van der Waals surface area contributed by atoms with Gasteiger partial charge in [-0.05, 0) is 79.9 Å². The molecule has 1 saturated carbocycles. The first-order valence-electron chi connectivity index (χ1n) is 18.0. The molecular formula is C38H55N7O4. The highest BCUT2D eigenvalue weighted by Gasteiger charge is 2.62. The maximum absolute atomic E-state index is 14.2. The molecule has 2 aromatic rings. The molecule has 11 nitrogen and oxygen atoms in total. The van der Waals surface area contributed by atoms with Gasteiger partial charge in [-0.2, -0.15) is 0 Å². The van der Waals surface area contributed by atoms with Crippen LogP contribution in [-0.4, -0.2) is 84.9 Å². The summed E-state index contributed by atoms with van der Waals surface area (Å²) in [5.74, 6) is -1.34. The number of carbonyl (C=O) groups excluding carboxylic acids is 4. The van der Waals surface area contributed by atoms with Crippen LogP contribution in [0.4, 0.5) is 0 Å². The summed E-state index contributed by atoms with van der Waals surface area (Å²) < 4.78 is 0. The lowest BCUT2D eigenvalue weighted by molar-refractivity contribution is -0.140. The van der Waals surface area contributed by atoms with Crippen LogP contribution in [0.1, 0.15) is 63.5 Å². The van der Waals surface area contributed by atoms with E-state index in [2.05, 4.69) is 21.3 Å². The Bertz CT molecular complexity index is 1420. The van der Waals surface area contributed by atoms with E-state index in [1.165, 1.54) is 0 Å². The Hall–Kier alpha value is -3.80. The molecular weight excluding hydrogens is 618 g/mol. The van der Waals surface area contributed by atoms with Crippen LogP contribution in [-0.2, 0) is 32.0 Å². The molecule has 2 unspecified atom stereocenters. The number of nitrogens with one attached hydrogen (secondary N) is 4. The smallest absolute Gasteiger partial charge is 0.246 e. The number of hydrogen-bond acceptors (Lipinski definition) is 7. The maximum atomic E-state index is 14.2. The van der Waals surface area contributed by atoms with E-state index in [1.807, 2.05) is 79.4 Å². The summed E-state index contributed by atoms with van der Waals surface area (Å²) >= 11 is 0. The van der Waals surface area contributed by atoms with Crippen molar-refractivity contribution in [1.82, 2.24) is 26.2 Å². The minimum atomic E-state index is -1.19. The second-order valence-electron chi connectivity index (χ2n) is 14.8. The first-order chi connectivity index (χ1) is 23.6. The largest absolute Gasteiger partial charge is 0.343 e. The van der Waals surface area contributed by atoms with Gasteiger partial charge in [0.1, 0.15) is 17.6 Å². The Morgan fingerprint density at radius 1 is 0.857 bits per heavy atom. The normalized spacial score (nSPS) is 22.8. The molecule has 8 N–H and O–H groups in total. The summed E-state index contributed by atoms with van der Waals surface area (Å²) in [7, 11) is 0. The molecule has 0 radical (unpaired) electrons. The highest BCUT2D eigenvalue weighted by Crippen LogP contribution is 2.49. The second-order valence-corrected chi connectivity index (χ2v) is 14.8. The summed E-state index contributed by atoms with van der Waals surface area (Å²) in [6.07, 6.45) is 4.84. The van der Waals surface area contributed by atoms with Gasteiger partial charge in [0.15, 0.2) is 0 Å². The quantitative estimate of drug-likeness (QED) is 0.147. The van der Waals surface area contributed by atoms with Crippen LogP contribution in [0.15, 0.2) is 60.7 Å². The van der Waals surface area contributed by atoms with E-state index in [1.54, 1.807) is 0 Å². The van der Waals surface area contributed by atoms with Gasteiger partial charge in [-0.3, -0.25) is 19.2 Å². The number of nitrogens with two attached hydrogens (primary N) is 2. The molecule has 11 heteroatoms. The van der Waals surface area contributed by atoms with E-state index in [-0.39, 0.29) is 30.1 Å². The number of amides is 4. The summed E-state index contributed by atoms with van der Waals surface area (Å²) in [6, 6.07) is 16.4. The number of piperidine rings is 1. The van der Waals surface area contributed by atoms with Crippen molar-refractivity contribution in [3.63, 3.8) is 0 Å². The first kappa shape index (κ1) is 36.5. The number of unbranched alkanes of at least 4 members (excludes halogenated alkanes) is 1. The first-order valence-corrected chi connectivity index (χ1v) is 18.0. The van der Waals surface area contributed by atoms with Crippen molar-refractivity contribution >= 4 is 23.6 Å². The average Bonchev–Trinajstić information content (AvgIpc) is 3.83. The number of likely N-dealkylation sites (tertiary alicyclic amines) is 1. The fourth-order valence-electron chi connectivity index (χ4n) is 7.45. The van der Waals surface area contributed by atoms with Crippen LogP contribution < -0.4 is 32.7 Å². The molecule has 2 aromatic carbocycles. The highest BCUT2D eigenvalue weighted by molar-refractivity contribution is 5.99. The van der Waals surface area contributed by atoms with Crippen molar-refractivity contribution in [1.29, 1.82) is 0 Å². The monoisotopic (exact) mass is 673 g/mol. The van der Waals surface area contributed by atoms with E-state index < -0.39 is 35.5 Å². The molecule has 2 heterocycles. The molecule has 5 rings (SSSR count). The van der Waals surface area contributed by atoms with Crippen LogP contribution in [0.5, 0.6) is 0 Å². The average molecular weight is 674 g/mol. The topological polar surface area (TPSA) is 172 Å². The van der Waals surface area contributed by atoms with Crippen LogP contribution in [0.25, 0.3) is 0 Å². The van der Waals surface area contributed by atoms with E-state index >= 15 is 0 Å². The van der Waals surface area contributed by atoms with Crippen LogP contribution in [0, 0.1) is 17.3 Å². The van der Waals surface area contributed by atoms with E-state index in [9.17, 15) is 19.2 Å². The van der Waals surface area contributed by atoms with Crippen molar-refractivity contribution in [2.45, 2.75) is 88.9 Å². The number of benzene rings is 2. The summed E-state index contributed by atoms with van der Waals surface area (Å²) in [6.45, 7) is 7.90. The fraction of sp³-hybridized carbons (Fsp3) is 0.579. The molecule has 3 aliphatic rings. The third-order valence-electron chi connectivity index (χ3n) is 10.8. The van der Waals surface area contributed by atoms with Gasteiger partial charge in [0, 0.05) is 32.6 Å². The summed E-state index contributed by atoms with van der Waals surface area (Å²) in [5, 5.41) is 12.4. The molecule has 1 spiro atoms. The van der Waals surface area contributed by atoms with Crippen molar-refractivity contribution < 1.29 is 19.2 Å². The maximum Gasteiger partial charge on any atom is 0.246 e. The molecule has 1 aliphatic carbocycles. The van der Waals surface area contributed by atoms with Crippen LogP contribution >= 0.6 is 0 Å². The Labute approximate surface area is 290 Å².